The Labute approximate surface area is 226 Å². The van der Waals surface area contributed by atoms with Crippen LogP contribution in [0.4, 0.5) is 21.9 Å². The summed E-state index contributed by atoms with van der Waals surface area (Å²) in [6.45, 7) is 2.12. The number of hydrogen-bond donors (Lipinski definition) is 4. The van der Waals surface area contributed by atoms with E-state index in [9.17, 15) is 19.8 Å². The molecule has 2 aliphatic heterocycles. The molecular formula is C29H32N4O6. The number of amides is 2. The minimum Gasteiger partial charge on any atom is -0.504 e. The lowest BCUT2D eigenvalue weighted by atomic mass is 9.99. The average Bonchev–Trinajstić information content (AvgIpc) is 2.95. The molecule has 0 saturated carbocycles. The Morgan fingerprint density at radius 2 is 1.82 bits per heavy atom. The fraction of sp³-hybridized carbons (Fsp3) is 0.310. The van der Waals surface area contributed by atoms with Gasteiger partial charge in [-0.1, -0.05) is 24.3 Å². The fourth-order valence-electron chi connectivity index (χ4n) is 5.18. The van der Waals surface area contributed by atoms with Crippen molar-refractivity contribution in [1.29, 1.82) is 0 Å². The van der Waals surface area contributed by atoms with Gasteiger partial charge in [0.2, 0.25) is 0 Å². The zero-order chi connectivity index (χ0) is 27.4. The van der Waals surface area contributed by atoms with Crippen LogP contribution in [0.15, 0.2) is 60.7 Å². The Morgan fingerprint density at radius 1 is 1.03 bits per heavy atom. The minimum atomic E-state index is -0.300. The van der Waals surface area contributed by atoms with Gasteiger partial charge in [-0.2, -0.15) is 0 Å². The third-order valence-corrected chi connectivity index (χ3v) is 7.18. The number of benzene rings is 3. The molecular weight excluding hydrogens is 500 g/mol. The first-order valence-corrected chi connectivity index (χ1v) is 13.0. The van der Waals surface area contributed by atoms with Crippen LogP contribution in [0.2, 0.25) is 0 Å². The van der Waals surface area contributed by atoms with E-state index in [1.165, 1.54) is 19.2 Å². The maximum Gasteiger partial charge on any atom is 0.414 e. The van der Waals surface area contributed by atoms with Crippen LogP contribution in [0.5, 0.6) is 11.5 Å². The van der Waals surface area contributed by atoms with Crippen LogP contribution in [0.3, 0.4) is 0 Å². The molecule has 39 heavy (non-hydrogen) atoms. The van der Waals surface area contributed by atoms with E-state index in [0.29, 0.717) is 30.8 Å². The number of ether oxygens (including phenoxy) is 1. The van der Waals surface area contributed by atoms with Crippen molar-refractivity contribution in [2.24, 2.45) is 0 Å². The summed E-state index contributed by atoms with van der Waals surface area (Å²) in [4.78, 5) is 34.7. The molecule has 0 bridgehead atoms. The van der Waals surface area contributed by atoms with Gasteiger partial charge in [0.15, 0.2) is 11.5 Å². The standard InChI is InChI=1S/C29H32N4O6/c1-38-31-23-17-20(28(36)30-13-10-19-6-9-26(34)27(35)16-19)7-8-25(23)32-14-11-22(12-15-32)33-24-5-3-2-4-21(24)18-39-29(33)37/h2-9,16-17,22,31,34-35H,10-15,18H2,1H3,(H,30,36). The summed E-state index contributed by atoms with van der Waals surface area (Å²) >= 11 is 0. The van der Waals surface area contributed by atoms with Gasteiger partial charge in [0.05, 0.1) is 24.2 Å². The molecule has 4 N–H and O–H groups in total. The monoisotopic (exact) mass is 532 g/mol. The summed E-state index contributed by atoms with van der Waals surface area (Å²) in [6.07, 6.45) is 1.74. The molecule has 0 radical (unpaired) electrons. The Balaban J connectivity index is 1.22. The number of carbonyl (C=O) groups excluding carboxylic acids is 2. The highest BCUT2D eigenvalue weighted by Gasteiger charge is 2.34. The van der Waals surface area contributed by atoms with Crippen molar-refractivity contribution < 1.29 is 29.4 Å². The van der Waals surface area contributed by atoms with Gasteiger partial charge in [0.25, 0.3) is 5.91 Å². The first-order chi connectivity index (χ1) is 18.9. The first kappa shape index (κ1) is 26.2. The molecule has 2 amide bonds. The van der Waals surface area contributed by atoms with Crippen LogP contribution in [0, 0.1) is 0 Å². The summed E-state index contributed by atoms with van der Waals surface area (Å²) < 4.78 is 5.42. The predicted molar refractivity (Wildman–Crippen MR) is 147 cm³/mol. The molecule has 3 aromatic carbocycles. The summed E-state index contributed by atoms with van der Waals surface area (Å²) in [5.74, 6) is -0.594. The molecule has 0 spiro atoms. The number of aromatic hydroxyl groups is 2. The molecule has 1 saturated heterocycles. The highest BCUT2D eigenvalue weighted by Crippen LogP contribution is 2.35. The number of phenols is 2. The SMILES string of the molecule is CONc1cc(C(=O)NCCc2ccc(O)c(O)c2)ccc1N1CCC(N2C(=O)OCc3ccccc32)CC1. The summed E-state index contributed by atoms with van der Waals surface area (Å²) in [5.41, 5.74) is 7.70. The van der Waals surface area contributed by atoms with E-state index in [0.717, 1.165) is 48.4 Å². The molecule has 2 heterocycles. The summed E-state index contributed by atoms with van der Waals surface area (Å²) in [5, 5.41) is 22.0. The van der Waals surface area contributed by atoms with Crippen LogP contribution in [-0.2, 0) is 22.6 Å². The number of nitrogens with zero attached hydrogens (tertiary/aromatic N) is 2. The van der Waals surface area contributed by atoms with Crippen LogP contribution < -0.4 is 20.6 Å². The Hall–Kier alpha value is -4.44. The summed E-state index contributed by atoms with van der Waals surface area (Å²) in [7, 11) is 1.52. The number of carbonyl (C=O) groups is 2. The fourth-order valence-corrected chi connectivity index (χ4v) is 5.18. The number of nitrogens with one attached hydrogen (secondary N) is 2. The molecule has 0 aromatic heterocycles. The van der Waals surface area contributed by atoms with Gasteiger partial charge in [-0.15, -0.1) is 0 Å². The second-order valence-corrected chi connectivity index (χ2v) is 9.64. The molecule has 0 unspecified atom stereocenters. The molecule has 10 heteroatoms. The molecule has 0 aliphatic carbocycles. The molecule has 3 aromatic rings. The highest BCUT2D eigenvalue weighted by molar-refractivity contribution is 5.96. The van der Waals surface area contributed by atoms with E-state index in [4.69, 9.17) is 9.57 Å². The van der Waals surface area contributed by atoms with Gasteiger partial charge in [-0.3, -0.25) is 20.0 Å². The highest BCUT2D eigenvalue weighted by atomic mass is 16.6. The average molecular weight is 533 g/mol. The maximum absolute atomic E-state index is 12.8. The third kappa shape index (κ3) is 5.70. The molecule has 0 atom stereocenters. The van der Waals surface area contributed by atoms with Gasteiger partial charge in [0.1, 0.15) is 6.61 Å². The Morgan fingerprint density at radius 3 is 2.59 bits per heavy atom. The van der Waals surface area contributed by atoms with Gasteiger partial charge >= 0.3 is 6.09 Å². The molecule has 5 rings (SSSR count). The molecule has 2 aliphatic rings. The normalized spacial score (nSPS) is 15.5. The Kier molecular flexibility index (Phi) is 7.74. The number of cyclic esters (lactones) is 1. The lowest BCUT2D eigenvalue weighted by Crippen LogP contribution is -2.49. The topological polar surface area (TPSA) is 124 Å². The largest absolute Gasteiger partial charge is 0.504 e. The van der Waals surface area contributed by atoms with E-state index in [-0.39, 0.29) is 29.5 Å². The smallest absolute Gasteiger partial charge is 0.414 e. The zero-order valence-electron chi connectivity index (χ0n) is 21.7. The van der Waals surface area contributed by atoms with Crippen molar-refractivity contribution in [2.45, 2.75) is 31.9 Å². The van der Waals surface area contributed by atoms with E-state index in [1.807, 2.05) is 30.3 Å². The van der Waals surface area contributed by atoms with E-state index in [1.54, 1.807) is 23.1 Å². The van der Waals surface area contributed by atoms with E-state index >= 15 is 0 Å². The molecule has 10 nitrogen and oxygen atoms in total. The number of phenolic OH excluding ortho intramolecular Hbond substituents is 2. The van der Waals surface area contributed by atoms with Crippen molar-refractivity contribution in [3.63, 3.8) is 0 Å². The van der Waals surface area contributed by atoms with Gasteiger partial charge < -0.3 is 25.2 Å². The van der Waals surface area contributed by atoms with Crippen LogP contribution in [-0.4, -0.2) is 55.0 Å². The Bertz CT molecular complexity index is 1360. The van der Waals surface area contributed by atoms with E-state index in [2.05, 4.69) is 15.7 Å². The van der Waals surface area contributed by atoms with Gasteiger partial charge in [0, 0.05) is 36.8 Å². The predicted octanol–water partition coefficient (Wildman–Crippen LogP) is 4.17. The van der Waals surface area contributed by atoms with Crippen molar-refractivity contribution in [1.82, 2.24) is 5.32 Å². The van der Waals surface area contributed by atoms with Crippen LogP contribution in [0.1, 0.15) is 34.3 Å². The molecule has 1 fully saturated rings. The van der Waals surface area contributed by atoms with Crippen molar-refractivity contribution in [2.75, 3.05) is 42.0 Å². The number of rotatable bonds is 8. The number of para-hydroxylation sites is 1. The summed E-state index contributed by atoms with van der Waals surface area (Å²) in [6, 6.07) is 17.9. The van der Waals surface area contributed by atoms with E-state index < -0.39 is 0 Å². The minimum absolute atomic E-state index is 0.0366. The van der Waals surface area contributed by atoms with Crippen molar-refractivity contribution in [3.05, 3.63) is 77.4 Å². The lowest BCUT2D eigenvalue weighted by Gasteiger charge is -2.41. The maximum atomic E-state index is 12.8. The molecule has 204 valence electrons. The number of fused-ring (bicyclic) bond motifs is 1. The van der Waals surface area contributed by atoms with Crippen LogP contribution >= 0.6 is 0 Å². The first-order valence-electron chi connectivity index (χ1n) is 13.0. The van der Waals surface area contributed by atoms with Crippen molar-refractivity contribution >= 4 is 29.1 Å². The van der Waals surface area contributed by atoms with Crippen LogP contribution in [0.25, 0.3) is 0 Å². The second-order valence-electron chi connectivity index (χ2n) is 9.64. The quantitative estimate of drug-likeness (QED) is 0.252. The third-order valence-electron chi connectivity index (χ3n) is 7.18. The number of hydrogen-bond acceptors (Lipinski definition) is 8. The van der Waals surface area contributed by atoms with Crippen molar-refractivity contribution in [3.8, 4) is 11.5 Å². The van der Waals surface area contributed by atoms with Gasteiger partial charge in [-0.25, -0.2) is 4.79 Å². The second kappa shape index (κ2) is 11.5. The number of piperidine rings is 1. The zero-order valence-corrected chi connectivity index (χ0v) is 21.7. The lowest BCUT2D eigenvalue weighted by molar-refractivity contribution is 0.0954. The number of anilines is 3. The van der Waals surface area contributed by atoms with Gasteiger partial charge in [-0.05, 0) is 61.2 Å².